The summed E-state index contributed by atoms with van der Waals surface area (Å²) in [4.78, 5) is 23.2. The van der Waals surface area contributed by atoms with Crippen molar-refractivity contribution in [3.63, 3.8) is 0 Å². The molecule has 0 saturated heterocycles. The molecule has 21 heavy (non-hydrogen) atoms. The Hall–Kier alpha value is -1.88. The van der Waals surface area contributed by atoms with E-state index in [4.69, 9.17) is 0 Å². The second-order valence-corrected chi connectivity index (χ2v) is 5.26. The molecule has 0 radical (unpaired) electrons. The highest BCUT2D eigenvalue weighted by atomic mass is 16.2. The van der Waals surface area contributed by atoms with Crippen molar-refractivity contribution in [3.05, 3.63) is 35.4 Å². The maximum absolute atomic E-state index is 11.7. The zero-order valence-corrected chi connectivity index (χ0v) is 13.0. The molecule has 2 amide bonds. The second-order valence-electron chi connectivity index (χ2n) is 5.26. The lowest BCUT2D eigenvalue weighted by molar-refractivity contribution is -0.126. The summed E-state index contributed by atoms with van der Waals surface area (Å²) in [5.41, 5.74) is 2.33. The summed E-state index contributed by atoms with van der Waals surface area (Å²) < 4.78 is 0. The van der Waals surface area contributed by atoms with Crippen LogP contribution in [0.2, 0.25) is 0 Å². The van der Waals surface area contributed by atoms with Crippen molar-refractivity contribution < 1.29 is 9.59 Å². The third kappa shape index (κ3) is 7.46. The Morgan fingerprint density at radius 3 is 2.38 bits per heavy atom. The van der Waals surface area contributed by atoms with Gasteiger partial charge in [0.15, 0.2) is 0 Å². The van der Waals surface area contributed by atoms with Crippen molar-refractivity contribution in [2.45, 2.75) is 32.7 Å². The molecular formula is C16H25N3O2. The summed E-state index contributed by atoms with van der Waals surface area (Å²) >= 11 is 0. The van der Waals surface area contributed by atoms with Gasteiger partial charge in [-0.15, -0.1) is 0 Å². The van der Waals surface area contributed by atoms with Crippen molar-refractivity contribution >= 4 is 11.8 Å². The lowest BCUT2D eigenvalue weighted by atomic mass is 10.1. The van der Waals surface area contributed by atoms with Gasteiger partial charge in [-0.2, -0.15) is 0 Å². The molecule has 0 aliphatic heterocycles. The Labute approximate surface area is 126 Å². The average molecular weight is 291 g/mol. The van der Waals surface area contributed by atoms with Gasteiger partial charge in [-0.3, -0.25) is 9.59 Å². The smallest absolute Gasteiger partial charge is 0.239 e. The SMILES string of the molecule is CNC(C)CNC(=O)CNC(=O)CCc1ccc(C)cc1. The highest BCUT2D eigenvalue weighted by molar-refractivity contribution is 5.84. The van der Waals surface area contributed by atoms with Crippen molar-refractivity contribution in [1.29, 1.82) is 0 Å². The molecule has 0 fully saturated rings. The zero-order valence-electron chi connectivity index (χ0n) is 13.0. The van der Waals surface area contributed by atoms with Crippen LogP contribution in [0.1, 0.15) is 24.5 Å². The van der Waals surface area contributed by atoms with Crippen LogP contribution in [0.5, 0.6) is 0 Å². The van der Waals surface area contributed by atoms with E-state index < -0.39 is 0 Å². The Balaban J connectivity index is 2.19. The van der Waals surface area contributed by atoms with Crippen LogP contribution >= 0.6 is 0 Å². The van der Waals surface area contributed by atoms with Gasteiger partial charge in [0.2, 0.25) is 11.8 Å². The van der Waals surface area contributed by atoms with Gasteiger partial charge < -0.3 is 16.0 Å². The van der Waals surface area contributed by atoms with E-state index in [-0.39, 0.29) is 24.4 Å². The minimum absolute atomic E-state index is 0.0309. The standard InChI is InChI=1S/C16H25N3O2/c1-12-4-6-14(7-5-12)8-9-15(20)19-11-16(21)18-10-13(2)17-3/h4-7,13,17H,8-11H2,1-3H3,(H,18,21)(H,19,20). The Kier molecular flexibility index (Phi) is 7.46. The summed E-state index contributed by atoms with van der Waals surface area (Å²) in [6.45, 7) is 4.59. The van der Waals surface area contributed by atoms with E-state index in [1.807, 2.05) is 45.2 Å². The summed E-state index contributed by atoms with van der Waals surface area (Å²) in [5.74, 6) is -0.270. The van der Waals surface area contributed by atoms with Gasteiger partial charge in [-0.05, 0) is 32.9 Å². The average Bonchev–Trinajstić information content (AvgIpc) is 2.49. The molecule has 0 aromatic heterocycles. The zero-order chi connectivity index (χ0) is 15.7. The minimum Gasteiger partial charge on any atom is -0.353 e. The van der Waals surface area contributed by atoms with E-state index in [2.05, 4.69) is 16.0 Å². The number of amides is 2. The van der Waals surface area contributed by atoms with Gasteiger partial charge in [0, 0.05) is 19.0 Å². The van der Waals surface area contributed by atoms with Crippen LogP contribution in [0.4, 0.5) is 0 Å². The van der Waals surface area contributed by atoms with E-state index in [0.29, 0.717) is 19.4 Å². The fourth-order valence-corrected chi connectivity index (χ4v) is 1.71. The molecular weight excluding hydrogens is 266 g/mol. The predicted octanol–water partition coefficient (Wildman–Crippen LogP) is 0.768. The monoisotopic (exact) mass is 291 g/mol. The number of rotatable bonds is 8. The molecule has 0 heterocycles. The van der Waals surface area contributed by atoms with Gasteiger partial charge in [0.05, 0.1) is 6.54 Å². The van der Waals surface area contributed by atoms with Crippen LogP contribution in [-0.4, -0.2) is 38.0 Å². The summed E-state index contributed by atoms with van der Waals surface area (Å²) in [6, 6.07) is 8.32. The van der Waals surface area contributed by atoms with E-state index in [1.54, 1.807) is 0 Å². The molecule has 3 N–H and O–H groups in total. The van der Waals surface area contributed by atoms with Gasteiger partial charge in [0.25, 0.3) is 0 Å². The molecule has 1 aromatic rings. The first-order valence-electron chi connectivity index (χ1n) is 7.27. The maximum atomic E-state index is 11.7. The highest BCUT2D eigenvalue weighted by Crippen LogP contribution is 2.05. The van der Waals surface area contributed by atoms with Crippen LogP contribution in [0.15, 0.2) is 24.3 Å². The maximum Gasteiger partial charge on any atom is 0.239 e. The molecule has 1 aromatic carbocycles. The number of hydrogen-bond donors (Lipinski definition) is 3. The summed E-state index contributed by atoms with van der Waals surface area (Å²) in [7, 11) is 1.84. The Morgan fingerprint density at radius 1 is 1.10 bits per heavy atom. The van der Waals surface area contributed by atoms with Crippen LogP contribution in [-0.2, 0) is 16.0 Å². The molecule has 1 unspecified atom stereocenters. The van der Waals surface area contributed by atoms with Crippen molar-refractivity contribution in [2.75, 3.05) is 20.1 Å². The van der Waals surface area contributed by atoms with Crippen molar-refractivity contribution in [1.82, 2.24) is 16.0 Å². The van der Waals surface area contributed by atoms with Gasteiger partial charge in [-0.1, -0.05) is 29.8 Å². The molecule has 0 aliphatic carbocycles. The molecule has 116 valence electrons. The first-order valence-corrected chi connectivity index (χ1v) is 7.27. The Bertz CT molecular complexity index is 457. The first-order chi connectivity index (χ1) is 10.0. The van der Waals surface area contributed by atoms with Crippen molar-refractivity contribution in [3.8, 4) is 0 Å². The lowest BCUT2D eigenvalue weighted by Crippen LogP contribution is -2.42. The van der Waals surface area contributed by atoms with Crippen LogP contribution < -0.4 is 16.0 Å². The normalized spacial score (nSPS) is 11.8. The minimum atomic E-state index is -0.166. The topological polar surface area (TPSA) is 70.2 Å². The number of aryl methyl sites for hydroxylation is 2. The Morgan fingerprint density at radius 2 is 1.76 bits per heavy atom. The van der Waals surface area contributed by atoms with Crippen molar-refractivity contribution in [2.24, 2.45) is 0 Å². The summed E-state index contributed by atoms with van der Waals surface area (Å²) in [5, 5.41) is 8.41. The predicted molar refractivity (Wildman–Crippen MR) is 84.0 cm³/mol. The number of nitrogens with one attached hydrogen (secondary N) is 3. The molecule has 1 rings (SSSR count). The largest absolute Gasteiger partial charge is 0.353 e. The van der Waals surface area contributed by atoms with Gasteiger partial charge in [0.1, 0.15) is 0 Å². The molecule has 0 saturated carbocycles. The molecule has 0 aliphatic rings. The van der Waals surface area contributed by atoms with E-state index in [1.165, 1.54) is 5.56 Å². The van der Waals surface area contributed by atoms with Crippen LogP contribution in [0, 0.1) is 6.92 Å². The number of hydrogen-bond acceptors (Lipinski definition) is 3. The molecule has 0 bridgehead atoms. The number of carbonyl (C=O) groups excluding carboxylic acids is 2. The lowest BCUT2D eigenvalue weighted by Gasteiger charge is -2.11. The number of benzene rings is 1. The van der Waals surface area contributed by atoms with E-state index >= 15 is 0 Å². The fourth-order valence-electron chi connectivity index (χ4n) is 1.71. The fraction of sp³-hybridized carbons (Fsp3) is 0.500. The van der Waals surface area contributed by atoms with Gasteiger partial charge >= 0.3 is 0 Å². The summed E-state index contributed by atoms with van der Waals surface area (Å²) in [6.07, 6.45) is 1.08. The number of likely N-dealkylation sites (N-methyl/N-ethyl adjacent to an activating group) is 1. The highest BCUT2D eigenvalue weighted by Gasteiger charge is 2.07. The van der Waals surface area contributed by atoms with Gasteiger partial charge in [-0.25, -0.2) is 0 Å². The molecule has 0 spiro atoms. The van der Waals surface area contributed by atoms with E-state index in [0.717, 1.165) is 5.56 Å². The second kappa shape index (κ2) is 9.13. The molecule has 5 nitrogen and oxygen atoms in total. The van der Waals surface area contributed by atoms with Crippen LogP contribution in [0.3, 0.4) is 0 Å². The van der Waals surface area contributed by atoms with Crippen LogP contribution in [0.25, 0.3) is 0 Å². The first kappa shape index (κ1) is 17.2. The quantitative estimate of drug-likeness (QED) is 0.662. The molecule has 5 heteroatoms. The number of carbonyl (C=O) groups is 2. The van der Waals surface area contributed by atoms with E-state index in [9.17, 15) is 9.59 Å². The third-order valence-electron chi connectivity index (χ3n) is 3.31. The third-order valence-corrected chi connectivity index (χ3v) is 3.31. The molecule has 1 atom stereocenters.